The fourth-order valence-electron chi connectivity index (χ4n) is 0.724. The number of alkyl halides is 2. The Hall–Kier alpha value is 0.720. The highest BCUT2D eigenvalue weighted by Gasteiger charge is 2.63. The topological polar surface area (TPSA) is 121 Å². The summed E-state index contributed by atoms with van der Waals surface area (Å²) in [6.45, 7) is 1.59. The van der Waals surface area contributed by atoms with E-state index in [0.717, 1.165) is 0 Å². The van der Waals surface area contributed by atoms with E-state index in [1.807, 2.05) is 0 Å². The van der Waals surface area contributed by atoms with Gasteiger partial charge in [0.1, 0.15) is 0 Å². The largest absolute Gasteiger partial charge is 0.372 e. The quantitative estimate of drug-likeness (QED) is 0.275. The van der Waals surface area contributed by atoms with Gasteiger partial charge in [-0.25, -0.2) is 0 Å². The average Bonchev–Trinajstić information content (AvgIpc) is 2.00. The van der Waals surface area contributed by atoms with Crippen LogP contribution in [-0.2, 0) is 0 Å². The summed E-state index contributed by atoms with van der Waals surface area (Å²) in [5.74, 6) is -7.41. The second-order valence-electron chi connectivity index (χ2n) is 2.86. The minimum absolute atomic E-state index is 0.237. The summed E-state index contributed by atoms with van der Waals surface area (Å²) in [5, 5.41) is 53.7. The summed E-state index contributed by atoms with van der Waals surface area (Å²) in [7, 11) is 0. The predicted octanol–water partition coefficient (Wildman–Crippen LogP) is -1.45. The van der Waals surface area contributed by atoms with E-state index >= 15 is 0 Å². The Morgan fingerprint density at radius 2 is 1.43 bits per heavy atom. The van der Waals surface area contributed by atoms with Crippen molar-refractivity contribution < 1.29 is 30.6 Å². The molecule has 0 radical (unpaired) electrons. The third-order valence-corrected chi connectivity index (χ3v) is 4.76. The molecule has 0 aromatic heterocycles. The lowest BCUT2D eigenvalue weighted by Gasteiger charge is -2.41. The molecule has 0 rings (SSSR count). The molecule has 0 aliphatic heterocycles. The maximum atomic E-state index is 9.54. The molecule has 0 aromatic rings. The number of hydrogen-bond acceptors (Lipinski definition) is 6. The molecule has 0 amide bonds. The van der Waals surface area contributed by atoms with Crippen molar-refractivity contribution in [2.45, 2.75) is 34.4 Å². The van der Waals surface area contributed by atoms with Crippen molar-refractivity contribution in [3.05, 3.63) is 0 Å². The number of aliphatic hydroxyl groups is 6. The molecule has 6 nitrogen and oxygen atoms in total. The van der Waals surface area contributed by atoms with Gasteiger partial charge in [0, 0.05) is 0 Å². The van der Waals surface area contributed by atoms with Crippen LogP contribution < -0.4 is 0 Å². The molecule has 0 bridgehead atoms. The van der Waals surface area contributed by atoms with E-state index in [1.165, 1.54) is 0 Å². The van der Waals surface area contributed by atoms with E-state index in [9.17, 15) is 5.11 Å². The van der Waals surface area contributed by atoms with Gasteiger partial charge in [-0.3, -0.25) is 0 Å². The molecule has 0 fully saturated rings. The third kappa shape index (κ3) is 2.45. The second kappa shape index (κ2) is 4.30. The smallest absolute Gasteiger partial charge is 0.336 e. The molecule has 6 N–H and O–H groups in total. The first-order chi connectivity index (χ1) is 5.98. The van der Waals surface area contributed by atoms with Gasteiger partial charge in [0.05, 0.1) is 4.83 Å². The highest BCUT2D eigenvalue weighted by molar-refractivity contribution is 9.12. The highest BCUT2D eigenvalue weighted by Crippen LogP contribution is 2.40. The van der Waals surface area contributed by atoms with Gasteiger partial charge in [0.15, 0.2) is 4.51 Å². The fraction of sp³-hybridized carbons (Fsp3) is 1.00. The van der Waals surface area contributed by atoms with E-state index in [0.29, 0.717) is 0 Å². The molecular formula is C6H12Br2O6. The van der Waals surface area contributed by atoms with Crippen molar-refractivity contribution in [1.29, 1.82) is 0 Å². The Labute approximate surface area is 97.1 Å². The summed E-state index contributed by atoms with van der Waals surface area (Å²) >= 11 is 5.37. The molecule has 0 saturated carbocycles. The lowest BCUT2D eigenvalue weighted by Crippen LogP contribution is -2.68. The van der Waals surface area contributed by atoms with Crippen LogP contribution in [0.2, 0.25) is 0 Å². The predicted molar refractivity (Wildman–Crippen MR) is 53.4 cm³/mol. The van der Waals surface area contributed by atoms with Crippen molar-refractivity contribution in [1.82, 2.24) is 0 Å². The standard InChI is InChI=1S/C6H12Br2O6/c1-2-3(7)4(8,9)5(10,11)6(12,13)14/h3,9-14H,2H2,1H3. The number of rotatable bonds is 4. The monoisotopic (exact) mass is 338 g/mol. The SMILES string of the molecule is CCC(Br)C(O)(Br)C(O)(O)C(O)(O)O. The van der Waals surface area contributed by atoms with Crippen LogP contribution in [0.4, 0.5) is 0 Å². The molecule has 14 heavy (non-hydrogen) atoms. The molecule has 0 aliphatic rings. The van der Waals surface area contributed by atoms with Crippen molar-refractivity contribution in [3.63, 3.8) is 0 Å². The van der Waals surface area contributed by atoms with Crippen LogP contribution in [0.5, 0.6) is 0 Å². The molecule has 8 heteroatoms. The Morgan fingerprint density at radius 1 is 1.07 bits per heavy atom. The highest BCUT2D eigenvalue weighted by atomic mass is 79.9. The summed E-state index contributed by atoms with van der Waals surface area (Å²) in [4.78, 5) is -0.921. The maximum absolute atomic E-state index is 9.54. The zero-order valence-electron chi connectivity index (χ0n) is 7.22. The molecule has 0 heterocycles. The lowest BCUT2D eigenvalue weighted by molar-refractivity contribution is -0.467. The van der Waals surface area contributed by atoms with Crippen LogP contribution in [0, 0.1) is 0 Å². The van der Waals surface area contributed by atoms with Crippen LogP contribution in [0.25, 0.3) is 0 Å². The molecule has 2 atom stereocenters. The second-order valence-corrected chi connectivity index (χ2v) is 5.17. The minimum atomic E-state index is -3.85. The van der Waals surface area contributed by atoms with Crippen molar-refractivity contribution in [3.8, 4) is 0 Å². The summed E-state index contributed by atoms with van der Waals surface area (Å²) in [6.07, 6.45) is 0.237. The van der Waals surface area contributed by atoms with Crippen molar-refractivity contribution in [2.24, 2.45) is 0 Å². The van der Waals surface area contributed by atoms with Crippen LogP contribution in [0.3, 0.4) is 0 Å². The first kappa shape index (κ1) is 14.7. The van der Waals surface area contributed by atoms with Gasteiger partial charge in [0.25, 0.3) is 5.79 Å². The molecule has 0 saturated heterocycles. The fourth-order valence-corrected chi connectivity index (χ4v) is 1.63. The van der Waals surface area contributed by atoms with Crippen molar-refractivity contribution in [2.75, 3.05) is 0 Å². The Kier molecular flexibility index (Phi) is 4.52. The van der Waals surface area contributed by atoms with Gasteiger partial charge in [-0.05, 0) is 22.4 Å². The van der Waals surface area contributed by atoms with E-state index in [-0.39, 0.29) is 6.42 Å². The van der Waals surface area contributed by atoms with Gasteiger partial charge < -0.3 is 30.6 Å². The number of hydrogen-bond donors (Lipinski definition) is 6. The zero-order chi connectivity index (χ0) is 11.8. The van der Waals surface area contributed by atoms with Gasteiger partial charge in [-0.1, -0.05) is 22.9 Å². The lowest BCUT2D eigenvalue weighted by atomic mass is 10.0. The number of halogens is 2. The van der Waals surface area contributed by atoms with Gasteiger partial charge in [-0.2, -0.15) is 0 Å². The van der Waals surface area contributed by atoms with Crippen molar-refractivity contribution >= 4 is 31.9 Å². The Bertz CT molecular complexity index is 199. The molecule has 2 unspecified atom stereocenters. The van der Waals surface area contributed by atoms with E-state index in [1.54, 1.807) is 6.92 Å². The maximum Gasteiger partial charge on any atom is 0.336 e. The average molecular weight is 340 g/mol. The summed E-state index contributed by atoms with van der Waals surface area (Å²) < 4.78 is -2.52. The van der Waals surface area contributed by atoms with Crippen LogP contribution in [0.15, 0.2) is 0 Å². The Balaban J connectivity index is 5.07. The van der Waals surface area contributed by atoms with Crippen LogP contribution in [0.1, 0.15) is 13.3 Å². The van der Waals surface area contributed by atoms with Crippen LogP contribution >= 0.6 is 31.9 Å². The Morgan fingerprint density at radius 3 is 1.64 bits per heavy atom. The summed E-state index contributed by atoms with van der Waals surface area (Å²) in [5.41, 5.74) is 0. The van der Waals surface area contributed by atoms with E-state index in [2.05, 4.69) is 31.9 Å². The minimum Gasteiger partial charge on any atom is -0.372 e. The van der Waals surface area contributed by atoms with Crippen LogP contribution in [-0.4, -0.2) is 51.7 Å². The molecule has 0 aliphatic carbocycles. The molecular weight excluding hydrogens is 328 g/mol. The van der Waals surface area contributed by atoms with Gasteiger partial charge >= 0.3 is 5.97 Å². The van der Waals surface area contributed by atoms with E-state index < -0.39 is 21.1 Å². The molecule has 0 aromatic carbocycles. The van der Waals surface area contributed by atoms with Gasteiger partial charge in [0.2, 0.25) is 0 Å². The van der Waals surface area contributed by atoms with E-state index in [4.69, 9.17) is 25.5 Å². The first-order valence-corrected chi connectivity index (χ1v) is 5.36. The molecule has 86 valence electrons. The third-order valence-electron chi connectivity index (χ3n) is 1.73. The van der Waals surface area contributed by atoms with Gasteiger partial charge in [-0.15, -0.1) is 0 Å². The normalized spacial score (nSPS) is 20.4. The molecule has 0 spiro atoms. The first-order valence-electron chi connectivity index (χ1n) is 3.65. The zero-order valence-corrected chi connectivity index (χ0v) is 10.4. The summed E-state index contributed by atoms with van der Waals surface area (Å²) in [6, 6.07) is 0.